The van der Waals surface area contributed by atoms with Gasteiger partial charge in [0.05, 0.1) is 65.0 Å². The molecule has 1 heterocycles. The van der Waals surface area contributed by atoms with Crippen LogP contribution in [0, 0.1) is 0 Å². The first-order valence-electron chi connectivity index (χ1n) is 11.8. The number of carbonyl (C=O) groups is 3. The van der Waals surface area contributed by atoms with Crippen molar-refractivity contribution in [2.24, 2.45) is 5.10 Å². The molecule has 0 spiro atoms. The summed E-state index contributed by atoms with van der Waals surface area (Å²) >= 11 is 0. The summed E-state index contributed by atoms with van der Waals surface area (Å²) in [4.78, 5) is 33.6. The van der Waals surface area contributed by atoms with Crippen LogP contribution in [0.25, 0.3) is 6.08 Å². The zero-order chi connectivity index (χ0) is 26.0. The molecule has 0 aliphatic heterocycles. The van der Waals surface area contributed by atoms with Crippen LogP contribution in [-0.4, -0.2) is 83.2 Å². The Morgan fingerprint density at radius 1 is 1.00 bits per heavy atom. The number of hydrazone groups is 1. The van der Waals surface area contributed by atoms with Crippen molar-refractivity contribution in [2.75, 3.05) is 59.4 Å². The number of rotatable bonds is 18. The molecule has 2 N–H and O–H groups in total. The number of furan rings is 1. The molecule has 1 aromatic rings. The molecule has 0 bridgehead atoms. The minimum absolute atomic E-state index is 0.0771. The van der Waals surface area contributed by atoms with Crippen molar-refractivity contribution in [3.8, 4) is 0 Å². The van der Waals surface area contributed by atoms with Gasteiger partial charge in [0.15, 0.2) is 12.0 Å². The second-order valence-corrected chi connectivity index (χ2v) is 7.77. The molecule has 2 rings (SSSR count). The van der Waals surface area contributed by atoms with Crippen LogP contribution in [0.5, 0.6) is 0 Å². The predicted molar refractivity (Wildman–Crippen MR) is 133 cm³/mol. The van der Waals surface area contributed by atoms with Crippen LogP contribution < -0.4 is 10.7 Å². The number of hydrogen-bond acceptors (Lipinski definition) is 9. The molecule has 0 aromatic carbocycles. The molecule has 0 saturated carbocycles. The van der Waals surface area contributed by atoms with Gasteiger partial charge in [0.2, 0.25) is 11.8 Å². The van der Waals surface area contributed by atoms with Crippen LogP contribution in [0.1, 0.15) is 42.1 Å². The van der Waals surface area contributed by atoms with Crippen LogP contribution >= 0.6 is 0 Å². The molecule has 11 nitrogen and oxygen atoms in total. The van der Waals surface area contributed by atoms with Crippen molar-refractivity contribution in [3.63, 3.8) is 0 Å². The van der Waals surface area contributed by atoms with Crippen molar-refractivity contribution >= 4 is 29.9 Å². The Bertz CT molecular complexity index is 936. The van der Waals surface area contributed by atoms with Gasteiger partial charge >= 0.3 is 0 Å². The number of nitrogens with one attached hydrogen (secondary N) is 2. The van der Waals surface area contributed by atoms with Gasteiger partial charge in [-0.2, -0.15) is 5.10 Å². The third kappa shape index (κ3) is 12.0. The summed E-state index contributed by atoms with van der Waals surface area (Å²) in [5.74, 6) is 0.667. The van der Waals surface area contributed by atoms with E-state index < -0.39 is 0 Å². The van der Waals surface area contributed by atoms with E-state index in [4.69, 9.17) is 23.4 Å². The molecule has 0 saturated heterocycles. The largest absolute Gasteiger partial charge is 0.457 e. The van der Waals surface area contributed by atoms with Gasteiger partial charge in [0.25, 0.3) is 0 Å². The van der Waals surface area contributed by atoms with Crippen molar-refractivity contribution in [1.29, 1.82) is 0 Å². The van der Waals surface area contributed by atoms with Crippen LogP contribution in [0.3, 0.4) is 0 Å². The number of allylic oxidation sites excluding steroid dienone is 3. The average Bonchev–Trinajstić information content (AvgIpc) is 3.14. The molecule has 1 aliphatic carbocycles. The van der Waals surface area contributed by atoms with E-state index in [1.807, 2.05) is 18.2 Å². The predicted octanol–water partition coefficient (Wildman–Crippen LogP) is 1.67. The zero-order valence-electron chi connectivity index (χ0n) is 20.9. The first-order chi connectivity index (χ1) is 17.5. The highest BCUT2D eigenvalue weighted by molar-refractivity contribution is 6.05. The smallest absolute Gasteiger partial charge is 0.242 e. The number of hydrogen-bond donors (Lipinski definition) is 2. The van der Waals surface area contributed by atoms with E-state index >= 15 is 0 Å². The maximum absolute atomic E-state index is 12.0. The molecule has 198 valence electrons. The minimum atomic E-state index is -0.256. The fraction of sp³-hybridized carbons (Fsp3) is 0.520. The third-order valence-electron chi connectivity index (χ3n) is 4.86. The van der Waals surface area contributed by atoms with Crippen LogP contribution in [-0.2, 0) is 35.0 Å². The topological polar surface area (TPSA) is 138 Å². The molecule has 1 aromatic heterocycles. The maximum Gasteiger partial charge on any atom is 0.242 e. The Balaban J connectivity index is 1.48. The van der Waals surface area contributed by atoms with E-state index in [0.29, 0.717) is 71.2 Å². The lowest BCUT2D eigenvalue weighted by atomic mass is 10.1. The van der Waals surface area contributed by atoms with Gasteiger partial charge in [0, 0.05) is 25.5 Å². The lowest BCUT2D eigenvalue weighted by molar-refractivity contribution is -0.122. The highest BCUT2D eigenvalue weighted by Gasteiger charge is 2.12. The SMILES string of the molecule is CC(=O)NCCOCCOCCOCCOCCC(=O)N/N=C(\C)C1=Cc2cc(C=O)oc2CC=C1. The van der Waals surface area contributed by atoms with Gasteiger partial charge in [-0.15, -0.1) is 0 Å². The number of ether oxygens (including phenoxy) is 4. The summed E-state index contributed by atoms with van der Waals surface area (Å²) in [7, 11) is 0. The van der Waals surface area contributed by atoms with Crippen LogP contribution in [0.4, 0.5) is 0 Å². The molecule has 0 atom stereocenters. The number of fused-ring (bicyclic) bond motifs is 1. The van der Waals surface area contributed by atoms with E-state index in [-0.39, 0.29) is 30.6 Å². The van der Waals surface area contributed by atoms with Crippen molar-refractivity contribution < 1.29 is 37.7 Å². The van der Waals surface area contributed by atoms with Gasteiger partial charge in [-0.25, -0.2) is 5.43 Å². The Morgan fingerprint density at radius 2 is 1.64 bits per heavy atom. The normalized spacial score (nSPS) is 13.1. The number of amides is 2. The van der Waals surface area contributed by atoms with Gasteiger partial charge in [-0.3, -0.25) is 14.4 Å². The standard InChI is InChI=1S/C25H35N3O8/c1-19(21-4-3-5-24-22(16-21)17-23(18-29)36-24)27-28-25(31)6-8-32-10-12-34-14-15-35-13-11-33-9-7-26-20(2)30/h3-4,16-18H,5-15H2,1-2H3,(H,26,30)(H,28,31)/b27-19+. The Labute approximate surface area is 210 Å². The van der Waals surface area contributed by atoms with E-state index in [9.17, 15) is 14.4 Å². The summed E-state index contributed by atoms with van der Waals surface area (Å²) < 4.78 is 26.9. The fourth-order valence-corrected chi connectivity index (χ4v) is 3.03. The fourth-order valence-electron chi connectivity index (χ4n) is 3.03. The van der Waals surface area contributed by atoms with Crippen molar-refractivity contribution in [2.45, 2.75) is 26.7 Å². The summed E-state index contributed by atoms with van der Waals surface area (Å²) in [5.41, 5.74) is 4.81. The molecular weight excluding hydrogens is 470 g/mol. The summed E-state index contributed by atoms with van der Waals surface area (Å²) in [5, 5.41) is 6.80. The van der Waals surface area contributed by atoms with Gasteiger partial charge < -0.3 is 28.7 Å². The Morgan fingerprint density at radius 3 is 2.28 bits per heavy atom. The van der Waals surface area contributed by atoms with Gasteiger partial charge in [-0.1, -0.05) is 12.2 Å². The zero-order valence-corrected chi connectivity index (χ0v) is 20.9. The Hall–Kier alpha value is -3.12. The number of carbonyl (C=O) groups excluding carboxylic acids is 3. The molecule has 0 unspecified atom stereocenters. The van der Waals surface area contributed by atoms with Crippen molar-refractivity contribution in [1.82, 2.24) is 10.7 Å². The quantitative estimate of drug-likeness (QED) is 0.133. The Kier molecular flexibility index (Phi) is 14.0. The van der Waals surface area contributed by atoms with E-state index in [1.54, 1.807) is 13.0 Å². The first kappa shape index (κ1) is 29.1. The number of nitrogens with zero attached hydrogens (tertiary/aromatic N) is 1. The second kappa shape index (κ2) is 17.3. The summed E-state index contributed by atoms with van der Waals surface area (Å²) in [6.45, 7) is 7.01. The summed E-state index contributed by atoms with van der Waals surface area (Å²) in [6, 6.07) is 1.68. The van der Waals surface area contributed by atoms with Crippen molar-refractivity contribution in [3.05, 3.63) is 40.9 Å². The highest BCUT2D eigenvalue weighted by atomic mass is 16.6. The molecular formula is C25H35N3O8. The second-order valence-electron chi connectivity index (χ2n) is 7.77. The summed E-state index contributed by atoms with van der Waals surface area (Å²) in [6.07, 6.45) is 7.12. The lowest BCUT2D eigenvalue weighted by Crippen LogP contribution is -2.25. The molecule has 36 heavy (non-hydrogen) atoms. The average molecular weight is 506 g/mol. The molecule has 0 radical (unpaired) electrons. The monoisotopic (exact) mass is 505 g/mol. The molecule has 2 amide bonds. The van der Waals surface area contributed by atoms with E-state index in [1.165, 1.54) is 6.92 Å². The highest BCUT2D eigenvalue weighted by Crippen LogP contribution is 2.22. The third-order valence-corrected chi connectivity index (χ3v) is 4.86. The first-order valence-corrected chi connectivity index (χ1v) is 11.8. The van der Waals surface area contributed by atoms with Crippen LogP contribution in [0.2, 0.25) is 0 Å². The molecule has 0 fully saturated rings. The van der Waals surface area contributed by atoms with Gasteiger partial charge in [0.1, 0.15) is 5.76 Å². The van der Waals surface area contributed by atoms with E-state index in [0.717, 1.165) is 16.9 Å². The van der Waals surface area contributed by atoms with E-state index in [2.05, 4.69) is 15.8 Å². The lowest BCUT2D eigenvalue weighted by Gasteiger charge is -2.08. The molecule has 11 heteroatoms. The number of aldehydes is 1. The van der Waals surface area contributed by atoms with Crippen LogP contribution in [0.15, 0.2) is 33.3 Å². The molecule has 1 aliphatic rings. The maximum atomic E-state index is 12.0. The minimum Gasteiger partial charge on any atom is -0.457 e. The van der Waals surface area contributed by atoms with Gasteiger partial charge in [-0.05, 0) is 24.6 Å².